The molecule has 2 aliphatic heterocycles. The van der Waals surface area contributed by atoms with E-state index in [1.54, 1.807) is 5.57 Å². The van der Waals surface area contributed by atoms with Crippen LogP contribution in [0.5, 0.6) is 0 Å². The van der Waals surface area contributed by atoms with Crippen LogP contribution in [0.3, 0.4) is 0 Å². The van der Waals surface area contributed by atoms with Gasteiger partial charge in [0.2, 0.25) is 0 Å². The summed E-state index contributed by atoms with van der Waals surface area (Å²) >= 11 is 2.10. The Morgan fingerprint density at radius 3 is 2.62 bits per heavy atom. The molecule has 2 nitrogen and oxygen atoms in total. The van der Waals surface area contributed by atoms with Crippen molar-refractivity contribution in [2.45, 2.75) is 43.8 Å². The Morgan fingerprint density at radius 2 is 2.00 bits per heavy atom. The average molecular weight is 307 g/mol. The van der Waals surface area contributed by atoms with Crippen LogP contribution >= 0.6 is 11.9 Å². The third-order valence-electron chi connectivity index (χ3n) is 4.67. The van der Waals surface area contributed by atoms with Gasteiger partial charge in [0.05, 0.1) is 4.75 Å². The molecule has 0 aromatic carbocycles. The van der Waals surface area contributed by atoms with E-state index < -0.39 is 0 Å². The van der Waals surface area contributed by atoms with Crippen molar-refractivity contribution in [3.05, 3.63) is 36.0 Å². The monoisotopic (exact) mass is 306 g/mol. The Kier molecular flexibility index (Phi) is 6.15. The number of nitrogens with zero attached hydrogens (tertiary/aromatic N) is 2. The van der Waals surface area contributed by atoms with E-state index >= 15 is 0 Å². The fourth-order valence-electron chi connectivity index (χ4n) is 3.47. The van der Waals surface area contributed by atoms with Crippen LogP contribution in [0.1, 0.15) is 39.0 Å². The summed E-state index contributed by atoms with van der Waals surface area (Å²) in [4.78, 5) is 2.47. The van der Waals surface area contributed by atoms with Gasteiger partial charge in [-0.15, -0.1) is 0 Å². The lowest BCUT2D eigenvalue weighted by Crippen LogP contribution is -2.46. The van der Waals surface area contributed by atoms with Crippen molar-refractivity contribution in [1.29, 1.82) is 0 Å². The van der Waals surface area contributed by atoms with Gasteiger partial charge in [0.25, 0.3) is 0 Å². The second kappa shape index (κ2) is 7.66. The first-order chi connectivity index (χ1) is 10.1. The molecule has 0 amide bonds. The predicted octanol–water partition coefficient (Wildman–Crippen LogP) is 4.27. The zero-order valence-electron chi connectivity index (χ0n) is 13.9. The minimum Gasteiger partial charge on any atom is -0.306 e. The summed E-state index contributed by atoms with van der Waals surface area (Å²) in [6.07, 6.45) is 12.7. The third kappa shape index (κ3) is 4.02. The SMILES string of the molecule is C=C/C=C\C1=C(CCCC)C2(CCN(C)CC2)SN(C)C1. The van der Waals surface area contributed by atoms with E-state index in [4.69, 9.17) is 0 Å². The molecule has 0 aromatic rings. The molecular weight excluding hydrogens is 276 g/mol. The van der Waals surface area contributed by atoms with Gasteiger partial charge in [-0.3, -0.25) is 0 Å². The summed E-state index contributed by atoms with van der Waals surface area (Å²) in [7, 11) is 4.49. The normalized spacial score (nSPS) is 24.1. The third-order valence-corrected chi connectivity index (χ3v) is 6.11. The molecule has 0 aliphatic carbocycles. The predicted molar refractivity (Wildman–Crippen MR) is 95.6 cm³/mol. The minimum absolute atomic E-state index is 0.343. The second-order valence-electron chi connectivity index (χ2n) is 6.38. The molecule has 0 unspecified atom stereocenters. The molecular formula is C18H30N2S. The van der Waals surface area contributed by atoms with Gasteiger partial charge in [-0.2, -0.15) is 0 Å². The molecule has 3 heteroatoms. The zero-order chi connectivity index (χ0) is 15.3. The van der Waals surface area contributed by atoms with Crippen molar-refractivity contribution >= 4 is 11.9 Å². The molecule has 1 saturated heterocycles. The van der Waals surface area contributed by atoms with Crippen molar-refractivity contribution < 1.29 is 0 Å². The first-order valence-corrected chi connectivity index (χ1v) is 8.99. The number of likely N-dealkylation sites (tertiary alicyclic amines) is 1. The van der Waals surface area contributed by atoms with Gasteiger partial charge in [-0.1, -0.05) is 50.1 Å². The molecule has 118 valence electrons. The van der Waals surface area contributed by atoms with Crippen molar-refractivity contribution in [1.82, 2.24) is 9.21 Å². The molecule has 0 aromatic heterocycles. The summed E-state index contributed by atoms with van der Waals surface area (Å²) in [5.74, 6) is 0. The van der Waals surface area contributed by atoms with Gasteiger partial charge in [-0.05, 0) is 64.0 Å². The fourth-order valence-corrected chi connectivity index (χ4v) is 4.97. The maximum absolute atomic E-state index is 3.83. The van der Waals surface area contributed by atoms with Crippen LogP contribution in [0.15, 0.2) is 36.0 Å². The van der Waals surface area contributed by atoms with E-state index in [1.165, 1.54) is 50.8 Å². The minimum atomic E-state index is 0.343. The van der Waals surface area contributed by atoms with Crippen molar-refractivity contribution in [2.24, 2.45) is 0 Å². The molecule has 2 heterocycles. The molecule has 21 heavy (non-hydrogen) atoms. The van der Waals surface area contributed by atoms with Crippen LogP contribution < -0.4 is 0 Å². The van der Waals surface area contributed by atoms with E-state index in [-0.39, 0.29) is 0 Å². The van der Waals surface area contributed by atoms with E-state index in [1.807, 2.05) is 6.08 Å². The molecule has 0 bridgehead atoms. The summed E-state index contributed by atoms with van der Waals surface area (Å²) in [6.45, 7) is 9.62. The van der Waals surface area contributed by atoms with E-state index in [0.29, 0.717) is 4.75 Å². The van der Waals surface area contributed by atoms with E-state index in [0.717, 1.165) is 6.54 Å². The van der Waals surface area contributed by atoms with Gasteiger partial charge in [0.15, 0.2) is 0 Å². The smallest absolute Gasteiger partial charge is 0.0545 e. The van der Waals surface area contributed by atoms with E-state index in [2.05, 4.69) is 60.9 Å². The summed E-state index contributed by atoms with van der Waals surface area (Å²) in [5.41, 5.74) is 3.26. The van der Waals surface area contributed by atoms with Crippen LogP contribution in [0.4, 0.5) is 0 Å². The van der Waals surface area contributed by atoms with Gasteiger partial charge in [0.1, 0.15) is 0 Å². The number of hydrogen-bond acceptors (Lipinski definition) is 3. The van der Waals surface area contributed by atoms with Crippen molar-refractivity contribution in [3.63, 3.8) is 0 Å². The second-order valence-corrected chi connectivity index (χ2v) is 7.96. The lowest BCUT2D eigenvalue weighted by molar-refractivity contribution is 0.247. The maximum atomic E-state index is 3.83. The Balaban J connectivity index is 2.34. The number of unbranched alkanes of at least 4 members (excludes halogenated alkanes) is 1. The lowest BCUT2D eigenvalue weighted by atomic mass is 9.82. The van der Waals surface area contributed by atoms with Crippen molar-refractivity contribution in [2.75, 3.05) is 33.7 Å². The Hall–Kier alpha value is -0.510. The van der Waals surface area contributed by atoms with Crippen LogP contribution in [0.25, 0.3) is 0 Å². The van der Waals surface area contributed by atoms with Gasteiger partial charge < -0.3 is 4.90 Å². The Bertz CT molecular complexity index is 417. The molecule has 1 spiro atoms. The van der Waals surface area contributed by atoms with Gasteiger partial charge in [-0.25, -0.2) is 4.31 Å². The average Bonchev–Trinajstić information content (AvgIpc) is 2.47. The number of allylic oxidation sites excluding steroid dienone is 2. The summed E-state index contributed by atoms with van der Waals surface area (Å²) < 4.78 is 2.78. The largest absolute Gasteiger partial charge is 0.306 e. The zero-order valence-corrected chi connectivity index (χ0v) is 14.7. The molecule has 2 aliphatic rings. The maximum Gasteiger partial charge on any atom is 0.0545 e. The molecule has 0 N–H and O–H groups in total. The number of rotatable bonds is 5. The molecule has 0 saturated carbocycles. The van der Waals surface area contributed by atoms with Gasteiger partial charge in [0, 0.05) is 6.54 Å². The Labute approximate surface area is 135 Å². The quantitative estimate of drug-likeness (QED) is 0.553. The highest BCUT2D eigenvalue weighted by molar-refractivity contribution is 7.98. The standard InChI is InChI=1S/C18H30N2S/c1-5-7-9-16-15-20(4)21-18(17(16)10-8-6-2)11-13-19(3)14-12-18/h5,7,9H,1,6,8,10-15H2,2-4H3/b9-7-. The highest BCUT2D eigenvalue weighted by Gasteiger charge is 2.42. The molecule has 2 rings (SSSR count). The number of piperidine rings is 1. The highest BCUT2D eigenvalue weighted by atomic mass is 32.2. The molecule has 0 atom stereocenters. The molecule has 0 radical (unpaired) electrons. The van der Waals surface area contributed by atoms with Crippen molar-refractivity contribution in [3.8, 4) is 0 Å². The van der Waals surface area contributed by atoms with Crippen LogP contribution in [0, 0.1) is 0 Å². The van der Waals surface area contributed by atoms with E-state index in [9.17, 15) is 0 Å². The first kappa shape index (κ1) is 16.9. The van der Waals surface area contributed by atoms with Crippen LogP contribution in [-0.4, -0.2) is 47.7 Å². The first-order valence-electron chi connectivity index (χ1n) is 8.21. The topological polar surface area (TPSA) is 6.48 Å². The lowest BCUT2D eigenvalue weighted by Gasteiger charge is -2.47. The summed E-state index contributed by atoms with van der Waals surface area (Å²) in [6, 6.07) is 0. The fraction of sp³-hybridized carbons (Fsp3) is 0.667. The van der Waals surface area contributed by atoms with Gasteiger partial charge >= 0.3 is 0 Å². The number of hydrogen-bond donors (Lipinski definition) is 0. The summed E-state index contributed by atoms with van der Waals surface area (Å²) in [5, 5.41) is 0. The highest BCUT2D eigenvalue weighted by Crippen LogP contribution is 2.49. The molecule has 1 fully saturated rings. The van der Waals surface area contributed by atoms with Crippen LogP contribution in [-0.2, 0) is 0 Å². The number of likely N-dealkylation sites (N-methyl/N-ethyl adjacent to an activating group) is 1. The van der Waals surface area contributed by atoms with Crippen LogP contribution in [0.2, 0.25) is 0 Å². The Morgan fingerprint density at radius 1 is 1.29 bits per heavy atom.